The van der Waals surface area contributed by atoms with E-state index in [2.05, 4.69) is 39.7 Å². The van der Waals surface area contributed by atoms with Gasteiger partial charge in [-0.05, 0) is 49.8 Å². The summed E-state index contributed by atoms with van der Waals surface area (Å²) < 4.78 is 0. The largest absolute Gasteiger partial charge is 0.356 e. The normalized spacial score (nSPS) is 11.6. The summed E-state index contributed by atoms with van der Waals surface area (Å²) in [5.74, 6) is 0.754. The molecule has 126 valence electrons. The summed E-state index contributed by atoms with van der Waals surface area (Å²) in [6, 6.07) is 20.3. The van der Waals surface area contributed by atoms with E-state index in [0.29, 0.717) is 5.11 Å². The number of rotatable bonds is 4. The maximum Gasteiger partial charge on any atom is 0.171 e. The average molecular weight is 348 g/mol. The second-order valence-corrected chi connectivity index (χ2v) is 6.21. The summed E-state index contributed by atoms with van der Waals surface area (Å²) in [7, 11) is 0. The number of anilines is 1. The fourth-order valence-corrected chi connectivity index (χ4v) is 2.86. The Hall–Kier alpha value is -2.79. The summed E-state index contributed by atoms with van der Waals surface area (Å²) in [5.41, 5.74) is 4.03. The van der Waals surface area contributed by atoms with E-state index < -0.39 is 0 Å². The standard InChI is InChI=1S/C20H20N4S/c1-14(16-7-4-3-5-8-16)22-20(25)24-18-10-6-9-17(13-18)19-11-12-21-15(2)23-19/h3-14H,1-2H3,(H2,22,24,25)/t14-/m0/s1. The Kier molecular flexibility index (Phi) is 5.36. The Bertz CT molecular complexity index is 864. The molecule has 0 radical (unpaired) electrons. The molecule has 0 fully saturated rings. The minimum absolute atomic E-state index is 0.133. The Morgan fingerprint density at radius 1 is 1.04 bits per heavy atom. The van der Waals surface area contributed by atoms with Gasteiger partial charge in [0.1, 0.15) is 5.82 Å². The highest BCUT2D eigenvalue weighted by Crippen LogP contribution is 2.21. The topological polar surface area (TPSA) is 49.8 Å². The van der Waals surface area contributed by atoms with Crippen LogP contribution in [0.3, 0.4) is 0 Å². The number of thiocarbonyl (C=S) groups is 1. The van der Waals surface area contributed by atoms with Crippen LogP contribution in [-0.4, -0.2) is 15.1 Å². The maximum atomic E-state index is 5.45. The van der Waals surface area contributed by atoms with Crippen LogP contribution in [0.25, 0.3) is 11.3 Å². The molecule has 1 aromatic heterocycles. The van der Waals surface area contributed by atoms with Crippen molar-refractivity contribution in [2.24, 2.45) is 0 Å². The minimum atomic E-state index is 0.133. The van der Waals surface area contributed by atoms with Gasteiger partial charge in [0.05, 0.1) is 11.7 Å². The Morgan fingerprint density at radius 3 is 2.60 bits per heavy atom. The van der Waals surface area contributed by atoms with Crippen LogP contribution in [0.2, 0.25) is 0 Å². The van der Waals surface area contributed by atoms with E-state index in [1.165, 1.54) is 5.56 Å². The quantitative estimate of drug-likeness (QED) is 0.680. The van der Waals surface area contributed by atoms with Crippen LogP contribution in [0.4, 0.5) is 5.69 Å². The lowest BCUT2D eigenvalue weighted by Gasteiger charge is -2.17. The first kappa shape index (κ1) is 17.0. The molecule has 3 rings (SSSR count). The molecule has 0 amide bonds. The predicted octanol–water partition coefficient (Wildman–Crippen LogP) is 4.50. The third kappa shape index (κ3) is 4.61. The number of nitrogens with one attached hydrogen (secondary N) is 2. The van der Waals surface area contributed by atoms with Gasteiger partial charge < -0.3 is 10.6 Å². The highest BCUT2D eigenvalue weighted by molar-refractivity contribution is 7.80. The first-order valence-electron chi connectivity index (χ1n) is 8.14. The molecule has 4 nitrogen and oxygen atoms in total. The van der Waals surface area contributed by atoms with Gasteiger partial charge in [-0.3, -0.25) is 0 Å². The van der Waals surface area contributed by atoms with E-state index in [0.717, 1.165) is 22.8 Å². The van der Waals surface area contributed by atoms with Crippen molar-refractivity contribution < 1.29 is 0 Å². The molecule has 0 aliphatic heterocycles. The lowest BCUT2D eigenvalue weighted by Crippen LogP contribution is -2.30. The van der Waals surface area contributed by atoms with E-state index in [4.69, 9.17) is 12.2 Å². The van der Waals surface area contributed by atoms with Crippen molar-refractivity contribution in [2.45, 2.75) is 19.9 Å². The lowest BCUT2D eigenvalue weighted by atomic mass is 10.1. The molecule has 1 atom stereocenters. The fraction of sp³-hybridized carbons (Fsp3) is 0.150. The van der Waals surface area contributed by atoms with Crippen LogP contribution in [0, 0.1) is 6.92 Å². The molecule has 0 spiro atoms. The number of benzene rings is 2. The molecular weight excluding hydrogens is 328 g/mol. The SMILES string of the molecule is Cc1nccc(-c2cccc(NC(=S)N[C@@H](C)c3ccccc3)c2)n1. The zero-order chi connectivity index (χ0) is 17.6. The molecule has 1 heterocycles. The summed E-state index contributed by atoms with van der Waals surface area (Å²) in [5, 5.41) is 7.14. The second kappa shape index (κ2) is 7.85. The second-order valence-electron chi connectivity index (χ2n) is 5.80. The zero-order valence-electron chi connectivity index (χ0n) is 14.2. The molecule has 0 saturated carbocycles. The summed E-state index contributed by atoms with van der Waals surface area (Å²) >= 11 is 5.45. The van der Waals surface area contributed by atoms with Crippen molar-refractivity contribution in [1.82, 2.24) is 15.3 Å². The highest BCUT2D eigenvalue weighted by atomic mass is 32.1. The molecule has 0 bridgehead atoms. The fourth-order valence-electron chi connectivity index (χ4n) is 2.56. The van der Waals surface area contributed by atoms with Gasteiger partial charge in [0.2, 0.25) is 0 Å². The van der Waals surface area contributed by atoms with Crippen LogP contribution in [-0.2, 0) is 0 Å². The van der Waals surface area contributed by atoms with Crippen molar-refractivity contribution in [2.75, 3.05) is 5.32 Å². The van der Waals surface area contributed by atoms with E-state index in [1.54, 1.807) is 6.20 Å². The predicted molar refractivity (Wildman–Crippen MR) is 106 cm³/mol. The molecule has 0 unspecified atom stereocenters. The first-order chi connectivity index (χ1) is 12.1. The van der Waals surface area contributed by atoms with E-state index in [-0.39, 0.29) is 6.04 Å². The zero-order valence-corrected chi connectivity index (χ0v) is 15.0. The van der Waals surface area contributed by atoms with E-state index in [1.807, 2.05) is 55.5 Å². The van der Waals surface area contributed by atoms with Gasteiger partial charge in [-0.15, -0.1) is 0 Å². The molecule has 2 N–H and O–H groups in total. The molecule has 0 saturated heterocycles. The lowest BCUT2D eigenvalue weighted by molar-refractivity contribution is 0.722. The van der Waals surface area contributed by atoms with E-state index >= 15 is 0 Å². The maximum absolute atomic E-state index is 5.45. The molecule has 0 aliphatic rings. The van der Waals surface area contributed by atoms with Gasteiger partial charge in [0, 0.05) is 17.4 Å². The van der Waals surface area contributed by atoms with Crippen molar-refractivity contribution in [3.63, 3.8) is 0 Å². The molecular formula is C20H20N4S. The monoisotopic (exact) mass is 348 g/mol. The van der Waals surface area contributed by atoms with Gasteiger partial charge in [-0.2, -0.15) is 0 Å². The van der Waals surface area contributed by atoms with Crippen molar-refractivity contribution in [3.8, 4) is 11.3 Å². The molecule has 2 aromatic carbocycles. The smallest absolute Gasteiger partial charge is 0.171 e. The van der Waals surface area contributed by atoms with E-state index in [9.17, 15) is 0 Å². The Balaban J connectivity index is 1.69. The third-order valence-electron chi connectivity index (χ3n) is 3.84. The van der Waals surface area contributed by atoms with Crippen LogP contribution < -0.4 is 10.6 Å². The van der Waals surface area contributed by atoms with Crippen molar-refractivity contribution >= 4 is 23.0 Å². The van der Waals surface area contributed by atoms with Crippen molar-refractivity contribution in [1.29, 1.82) is 0 Å². The van der Waals surface area contributed by atoms with Crippen LogP contribution in [0.5, 0.6) is 0 Å². The van der Waals surface area contributed by atoms with Gasteiger partial charge in [0.25, 0.3) is 0 Å². The average Bonchev–Trinajstić information content (AvgIpc) is 2.62. The Morgan fingerprint density at radius 2 is 1.84 bits per heavy atom. The van der Waals surface area contributed by atoms with Gasteiger partial charge in [0.15, 0.2) is 5.11 Å². The van der Waals surface area contributed by atoms with Crippen LogP contribution >= 0.6 is 12.2 Å². The number of aryl methyl sites for hydroxylation is 1. The summed E-state index contributed by atoms with van der Waals surface area (Å²) in [6.45, 7) is 3.97. The Labute approximate surface area is 153 Å². The molecule has 3 aromatic rings. The third-order valence-corrected chi connectivity index (χ3v) is 4.06. The summed E-state index contributed by atoms with van der Waals surface area (Å²) in [4.78, 5) is 8.60. The minimum Gasteiger partial charge on any atom is -0.356 e. The number of aromatic nitrogens is 2. The van der Waals surface area contributed by atoms with Crippen LogP contribution in [0.15, 0.2) is 66.9 Å². The molecule has 5 heteroatoms. The molecule has 0 aliphatic carbocycles. The molecule has 25 heavy (non-hydrogen) atoms. The van der Waals surface area contributed by atoms with Gasteiger partial charge >= 0.3 is 0 Å². The summed E-state index contributed by atoms with van der Waals surface area (Å²) in [6.07, 6.45) is 1.77. The van der Waals surface area contributed by atoms with Gasteiger partial charge in [-0.25, -0.2) is 9.97 Å². The van der Waals surface area contributed by atoms with Crippen molar-refractivity contribution in [3.05, 3.63) is 78.2 Å². The number of hydrogen-bond acceptors (Lipinski definition) is 3. The number of hydrogen-bond donors (Lipinski definition) is 2. The van der Waals surface area contributed by atoms with Crippen LogP contribution in [0.1, 0.15) is 24.4 Å². The highest BCUT2D eigenvalue weighted by Gasteiger charge is 2.07. The number of nitrogens with zero attached hydrogens (tertiary/aromatic N) is 2. The first-order valence-corrected chi connectivity index (χ1v) is 8.55. The van der Waals surface area contributed by atoms with Gasteiger partial charge in [-0.1, -0.05) is 42.5 Å².